The van der Waals surface area contributed by atoms with Gasteiger partial charge in [-0.15, -0.1) is 0 Å². The summed E-state index contributed by atoms with van der Waals surface area (Å²) in [6.07, 6.45) is 21.2. The van der Waals surface area contributed by atoms with Gasteiger partial charge in [0.1, 0.15) is 11.3 Å². The van der Waals surface area contributed by atoms with Crippen LogP contribution in [0.3, 0.4) is 0 Å². The first-order valence-electron chi connectivity index (χ1n) is 15.3. The van der Waals surface area contributed by atoms with E-state index in [4.69, 9.17) is 16.3 Å². The molecule has 0 unspecified atom stereocenters. The molecule has 0 aromatic rings. The van der Waals surface area contributed by atoms with Crippen molar-refractivity contribution in [2.24, 2.45) is 52.3 Å². The fourth-order valence-corrected chi connectivity index (χ4v) is 9.93. The zero-order valence-corrected chi connectivity index (χ0v) is 24.8. The zero-order chi connectivity index (χ0) is 26.1. The van der Waals surface area contributed by atoms with Gasteiger partial charge in [-0.2, -0.15) is 0 Å². The molecule has 0 aromatic carbocycles. The second kappa shape index (κ2) is 11.5. The van der Waals surface area contributed by atoms with Crippen LogP contribution < -0.4 is 0 Å². The molecule has 36 heavy (non-hydrogen) atoms. The van der Waals surface area contributed by atoms with E-state index in [-0.39, 0.29) is 16.9 Å². The molecule has 4 aliphatic rings. The first kappa shape index (κ1) is 28.3. The fourth-order valence-electron chi connectivity index (χ4n) is 9.81. The second-order valence-corrected chi connectivity index (χ2v) is 14.5. The lowest BCUT2D eigenvalue weighted by Gasteiger charge is -2.61. The zero-order valence-electron chi connectivity index (χ0n) is 24.0. The molecule has 4 fully saturated rings. The number of fused-ring (bicyclic) bond motifs is 5. The Morgan fingerprint density at radius 1 is 0.972 bits per heavy atom. The molecule has 0 aliphatic heterocycles. The van der Waals surface area contributed by atoms with Crippen LogP contribution in [0, 0.1) is 52.3 Å². The maximum atomic E-state index is 11.9. The third-order valence-electron chi connectivity index (χ3n) is 11.7. The van der Waals surface area contributed by atoms with Crippen LogP contribution in [0.1, 0.15) is 119 Å². The molecule has 204 valence electrons. The van der Waals surface area contributed by atoms with Crippen LogP contribution in [0.2, 0.25) is 0 Å². The highest BCUT2D eigenvalue weighted by molar-refractivity contribution is 6.44. The highest BCUT2D eigenvalue weighted by Gasteiger charge is 2.60. The van der Waals surface area contributed by atoms with Crippen molar-refractivity contribution in [3.8, 4) is 0 Å². The Bertz CT molecular complexity index is 830. The molecule has 2 nitrogen and oxygen atoms in total. The molecule has 0 amide bonds. The van der Waals surface area contributed by atoms with Crippen molar-refractivity contribution in [2.75, 3.05) is 0 Å². The maximum Gasteiger partial charge on any atom is 0.199 e. The van der Waals surface area contributed by atoms with Gasteiger partial charge in [-0.1, -0.05) is 71.6 Å². The molecule has 4 aliphatic carbocycles. The van der Waals surface area contributed by atoms with Crippen LogP contribution in [0.15, 0.2) is 23.4 Å². The minimum absolute atomic E-state index is 0.172. The second-order valence-electron chi connectivity index (χ2n) is 14.0. The van der Waals surface area contributed by atoms with Crippen LogP contribution in [-0.2, 0) is 9.53 Å². The van der Waals surface area contributed by atoms with E-state index in [1.54, 1.807) is 6.08 Å². The third-order valence-corrected chi connectivity index (χ3v) is 12.0. The van der Waals surface area contributed by atoms with Crippen LogP contribution >= 0.6 is 11.6 Å². The number of rotatable bonds is 9. The molecule has 0 radical (unpaired) electrons. The number of allylic oxidation sites excluding steroid dienone is 3. The smallest absolute Gasteiger partial charge is 0.199 e. The summed E-state index contributed by atoms with van der Waals surface area (Å²) < 4.78 is 6.07. The molecule has 0 saturated heterocycles. The van der Waals surface area contributed by atoms with Crippen molar-refractivity contribution >= 4 is 17.4 Å². The molecule has 9 atom stereocenters. The first-order chi connectivity index (χ1) is 17.1. The lowest BCUT2D eigenvalue weighted by Crippen LogP contribution is -2.54. The predicted molar refractivity (Wildman–Crippen MR) is 152 cm³/mol. The Hall–Kier alpha value is -0.760. The summed E-state index contributed by atoms with van der Waals surface area (Å²) in [5.41, 5.74) is 1.03. The van der Waals surface area contributed by atoms with Crippen molar-refractivity contribution in [2.45, 2.75) is 125 Å². The molecule has 0 bridgehead atoms. The van der Waals surface area contributed by atoms with Crippen LogP contribution in [-0.4, -0.2) is 11.9 Å². The molecule has 0 N–H and O–H groups in total. The summed E-state index contributed by atoms with van der Waals surface area (Å²) in [4.78, 5) is 11.9. The number of ether oxygens (including phenoxy) is 1. The molecule has 3 heteroatoms. The summed E-state index contributed by atoms with van der Waals surface area (Å²) in [7, 11) is 0. The average molecular weight is 517 g/mol. The SMILES string of the molecule is C/C=C\C(=O)/C(Cl)=C/O[C@H]1CC[C@@]2(C)[C@@H](CC[C@@H]3[C@@H]2CC[C@]2(C)[C@@H]([C@H](C)CCCC(C)C)CC[C@@H]32)C1. The van der Waals surface area contributed by atoms with Gasteiger partial charge in [0.15, 0.2) is 5.78 Å². The van der Waals surface area contributed by atoms with Crippen LogP contribution in [0.5, 0.6) is 0 Å². The Kier molecular flexibility index (Phi) is 9.06. The minimum atomic E-state index is -0.172. The third kappa shape index (κ3) is 5.50. The van der Waals surface area contributed by atoms with Gasteiger partial charge < -0.3 is 4.74 Å². The molecular weight excluding hydrogens is 464 g/mol. The van der Waals surface area contributed by atoms with Gasteiger partial charge in [-0.25, -0.2) is 0 Å². The van der Waals surface area contributed by atoms with Gasteiger partial charge in [0.05, 0.1) is 6.10 Å². The average Bonchev–Trinajstić information content (AvgIpc) is 3.19. The van der Waals surface area contributed by atoms with E-state index in [2.05, 4.69) is 34.6 Å². The molecular formula is C33H53ClO2. The monoisotopic (exact) mass is 516 g/mol. The van der Waals surface area contributed by atoms with E-state index >= 15 is 0 Å². The molecule has 0 aromatic heterocycles. The molecule has 0 heterocycles. The highest BCUT2D eigenvalue weighted by atomic mass is 35.5. The summed E-state index contributed by atoms with van der Waals surface area (Å²) in [5, 5.41) is 0.186. The van der Waals surface area contributed by atoms with Gasteiger partial charge in [-0.3, -0.25) is 4.79 Å². The Morgan fingerprint density at radius 3 is 2.42 bits per heavy atom. The van der Waals surface area contributed by atoms with E-state index in [0.29, 0.717) is 10.8 Å². The number of halogens is 1. The van der Waals surface area contributed by atoms with Crippen molar-refractivity contribution in [3.63, 3.8) is 0 Å². The summed E-state index contributed by atoms with van der Waals surface area (Å²) in [5.74, 6) is 6.00. The van der Waals surface area contributed by atoms with E-state index in [9.17, 15) is 4.79 Å². The number of ketones is 1. The minimum Gasteiger partial charge on any atom is -0.496 e. The first-order valence-corrected chi connectivity index (χ1v) is 15.7. The van der Waals surface area contributed by atoms with Crippen molar-refractivity contribution in [3.05, 3.63) is 23.4 Å². The largest absolute Gasteiger partial charge is 0.496 e. The summed E-state index contributed by atoms with van der Waals surface area (Å²) in [6, 6.07) is 0. The standard InChI is InChI=1S/C33H53ClO2/c1-7-9-31(35)30(34)21-36-25-16-18-32(5)24(20-25)12-13-26-28-15-14-27(23(4)11-8-10-22(2)3)33(28,6)19-17-29(26)32/h7,9,21-29H,8,10-20H2,1-6H3/b9-7-,30-21-/t23-,24+,25+,26+,27-,28+,29+,32+,33-/m1/s1. The normalized spacial score (nSPS) is 41.6. The van der Waals surface area contributed by atoms with Gasteiger partial charge in [0.2, 0.25) is 0 Å². The van der Waals surface area contributed by atoms with E-state index < -0.39 is 0 Å². The fraction of sp³-hybridized carbons (Fsp3) is 0.848. The maximum absolute atomic E-state index is 11.9. The van der Waals surface area contributed by atoms with Gasteiger partial charge in [-0.05, 0) is 123 Å². The molecule has 0 spiro atoms. The molecule has 4 rings (SSSR count). The topological polar surface area (TPSA) is 26.3 Å². The number of carbonyl (C=O) groups excluding carboxylic acids is 1. The van der Waals surface area contributed by atoms with Gasteiger partial charge >= 0.3 is 0 Å². The molecule has 4 saturated carbocycles. The van der Waals surface area contributed by atoms with Crippen molar-refractivity contribution < 1.29 is 9.53 Å². The lowest BCUT2D eigenvalue weighted by atomic mass is 9.44. The van der Waals surface area contributed by atoms with Crippen LogP contribution in [0.25, 0.3) is 0 Å². The number of hydrogen-bond acceptors (Lipinski definition) is 2. The summed E-state index contributed by atoms with van der Waals surface area (Å²) >= 11 is 6.16. The van der Waals surface area contributed by atoms with Crippen molar-refractivity contribution in [1.29, 1.82) is 0 Å². The number of carbonyl (C=O) groups is 1. The Balaban J connectivity index is 1.38. The highest BCUT2D eigenvalue weighted by Crippen LogP contribution is 2.68. The predicted octanol–water partition coefficient (Wildman–Crippen LogP) is 9.72. The quantitative estimate of drug-likeness (QED) is 0.225. The van der Waals surface area contributed by atoms with Gasteiger partial charge in [0.25, 0.3) is 0 Å². The van der Waals surface area contributed by atoms with E-state index in [0.717, 1.165) is 54.3 Å². The van der Waals surface area contributed by atoms with Crippen LogP contribution in [0.4, 0.5) is 0 Å². The van der Waals surface area contributed by atoms with Gasteiger partial charge in [0, 0.05) is 0 Å². The summed E-state index contributed by atoms with van der Waals surface area (Å²) in [6.45, 7) is 14.5. The Labute approximate surface area is 227 Å². The Morgan fingerprint density at radius 2 is 1.69 bits per heavy atom. The number of hydrogen-bond donors (Lipinski definition) is 0. The van der Waals surface area contributed by atoms with Crippen molar-refractivity contribution in [1.82, 2.24) is 0 Å². The van der Waals surface area contributed by atoms with E-state index in [1.165, 1.54) is 76.5 Å². The van der Waals surface area contributed by atoms with E-state index in [1.807, 2.05) is 6.92 Å². The lowest BCUT2D eigenvalue weighted by molar-refractivity contribution is -0.130.